The summed E-state index contributed by atoms with van der Waals surface area (Å²) in [6, 6.07) is 11.4. The van der Waals surface area contributed by atoms with Crippen molar-refractivity contribution in [1.29, 1.82) is 0 Å². The van der Waals surface area contributed by atoms with Gasteiger partial charge in [0.25, 0.3) is 0 Å². The third-order valence-corrected chi connectivity index (χ3v) is 3.38. The van der Waals surface area contributed by atoms with Crippen molar-refractivity contribution in [3.8, 4) is 17.2 Å². The molecule has 0 spiro atoms. The summed E-state index contributed by atoms with van der Waals surface area (Å²) >= 11 is 0. The summed E-state index contributed by atoms with van der Waals surface area (Å²) in [6.07, 6.45) is 0. The van der Waals surface area contributed by atoms with E-state index in [2.05, 4.69) is 5.16 Å². The average Bonchev–Trinajstić information content (AvgIpc) is 2.46. The van der Waals surface area contributed by atoms with E-state index in [-0.39, 0.29) is 17.4 Å². The number of phenolic OH excluding ortho intramolecular Hbond substituents is 2. The third-order valence-electron chi connectivity index (χ3n) is 3.38. The van der Waals surface area contributed by atoms with Gasteiger partial charge < -0.3 is 20.2 Å². The molecule has 5 nitrogen and oxygen atoms in total. The first-order valence-corrected chi connectivity index (χ1v) is 6.16. The van der Waals surface area contributed by atoms with Gasteiger partial charge in [0.1, 0.15) is 29.6 Å². The number of nitrogens with zero attached hydrogens (tertiary/aromatic N) is 1. The number of benzene rings is 2. The van der Waals surface area contributed by atoms with E-state index in [1.165, 1.54) is 12.1 Å². The van der Waals surface area contributed by atoms with Gasteiger partial charge in [-0.15, -0.1) is 0 Å². The molecule has 1 heterocycles. The van der Waals surface area contributed by atoms with Gasteiger partial charge in [0, 0.05) is 11.6 Å². The molecule has 3 N–H and O–H groups in total. The summed E-state index contributed by atoms with van der Waals surface area (Å²) in [5, 5.41) is 31.5. The molecule has 1 atom stereocenters. The van der Waals surface area contributed by atoms with Crippen LogP contribution in [0.1, 0.15) is 17.0 Å². The van der Waals surface area contributed by atoms with Gasteiger partial charge in [0.2, 0.25) is 0 Å². The highest BCUT2D eigenvalue weighted by molar-refractivity contribution is 6.07. The summed E-state index contributed by atoms with van der Waals surface area (Å²) in [5.74, 6) is 0.549. The van der Waals surface area contributed by atoms with E-state index in [1.807, 2.05) is 0 Å². The van der Waals surface area contributed by atoms with Gasteiger partial charge >= 0.3 is 0 Å². The second-order valence-electron chi connectivity index (χ2n) is 4.62. The maximum absolute atomic E-state index is 9.45. The molecule has 0 radical (unpaired) electrons. The number of fused-ring (bicyclic) bond motifs is 1. The molecule has 1 aliphatic rings. The number of ether oxygens (including phenoxy) is 1. The van der Waals surface area contributed by atoms with Crippen LogP contribution in [0, 0.1) is 0 Å². The van der Waals surface area contributed by atoms with Crippen molar-refractivity contribution in [2.24, 2.45) is 5.16 Å². The monoisotopic (exact) mass is 271 g/mol. The molecule has 2 aromatic carbocycles. The topological polar surface area (TPSA) is 82.3 Å². The van der Waals surface area contributed by atoms with Gasteiger partial charge in [-0.2, -0.15) is 0 Å². The minimum atomic E-state index is -0.224. The highest BCUT2D eigenvalue weighted by atomic mass is 16.5. The number of aromatic hydroxyl groups is 2. The molecule has 102 valence electrons. The molecule has 2 aromatic rings. The first-order valence-electron chi connectivity index (χ1n) is 6.16. The standard InChI is InChI=1S/C15H13NO4/c17-10-3-1-9(2-4-10)13-8-20-14-7-11(18)5-6-12(14)15(13)16-19/h1-7,13,17-19H,8H2. The Morgan fingerprint density at radius 2 is 1.70 bits per heavy atom. The van der Waals surface area contributed by atoms with E-state index in [9.17, 15) is 15.4 Å². The molecule has 0 bridgehead atoms. The molecule has 0 saturated heterocycles. The van der Waals surface area contributed by atoms with Crippen molar-refractivity contribution >= 4 is 5.71 Å². The summed E-state index contributed by atoms with van der Waals surface area (Å²) in [4.78, 5) is 0. The largest absolute Gasteiger partial charge is 0.508 e. The Labute approximate surface area is 115 Å². The summed E-state index contributed by atoms with van der Waals surface area (Å²) in [5.41, 5.74) is 2.01. The number of hydrogen-bond donors (Lipinski definition) is 3. The average molecular weight is 271 g/mol. The van der Waals surface area contributed by atoms with Crippen LogP contribution in [0.15, 0.2) is 47.6 Å². The van der Waals surface area contributed by atoms with Crippen molar-refractivity contribution in [1.82, 2.24) is 0 Å². The lowest BCUT2D eigenvalue weighted by atomic mass is 9.88. The number of rotatable bonds is 1. The Kier molecular flexibility index (Phi) is 2.95. The number of phenols is 2. The Bertz CT molecular complexity index is 664. The molecule has 0 fully saturated rings. The zero-order valence-electron chi connectivity index (χ0n) is 10.5. The Hall–Kier alpha value is -2.69. The first kappa shape index (κ1) is 12.3. The zero-order chi connectivity index (χ0) is 14.1. The van der Waals surface area contributed by atoms with Gasteiger partial charge in [-0.25, -0.2) is 0 Å². The molecule has 20 heavy (non-hydrogen) atoms. The molecule has 0 saturated carbocycles. The van der Waals surface area contributed by atoms with Crippen LogP contribution in [0.2, 0.25) is 0 Å². The van der Waals surface area contributed by atoms with Crippen LogP contribution in [-0.4, -0.2) is 27.7 Å². The van der Waals surface area contributed by atoms with E-state index >= 15 is 0 Å². The lowest BCUT2D eigenvalue weighted by Gasteiger charge is -2.26. The maximum Gasteiger partial charge on any atom is 0.132 e. The van der Waals surface area contributed by atoms with Crippen molar-refractivity contribution in [2.45, 2.75) is 5.92 Å². The van der Waals surface area contributed by atoms with Crippen LogP contribution < -0.4 is 4.74 Å². The van der Waals surface area contributed by atoms with Crippen molar-refractivity contribution in [3.63, 3.8) is 0 Å². The molecular formula is C15H13NO4. The second kappa shape index (κ2) is 4.77. The van der Waals surface area contributed by atoms with E-state index in [1.54, 1.807) is 30.3 Å². The Morgan fingerprint density at radius 1 is 1.00 bits per heavy atom. The number of hydrogen-bond acceptors (Lipinski definition) is 5. The lowest BCUT2D eigenvalue weighted by molar-refractivity contribution is 0.284. The molecule has 1 unspecified atom stereocenters. The maximum atomic E-state index is 9.45. The SMILES string of the molecule is ON=C1c2ccc(O)cc2OCC1c1ccc(O)cc1. The fourth-order valence-corrected chi connectivity index (χ4v) is 2.37. The lowest BCUT2D eigenvalue weighted by Crippen LogP contribution is -2.26. The fraction of sp³-hybridized carbons (Fsp3) is 0.133. The van der Waals surface area contributed by atoms with E-state index in [0.717, 1.165) is 5.56 Å². The van der Waals surface area contributed by atoms with Crippen LogP contribution in [-0.2, 0) is 0 Å². The smallest absolute Gasteiger partial charge is 0.132 e. The molecule has 0 aromatic heterocycles. The molecule has 5 heteroatoms. The Balaban J connectivity index is 2.03. The minimum Gasteiger partial charge on any atom is -0.508 e. The van der Waals surface area contributed by atoms with Crippen LogP contribution in [0.4, 0.5) is 0 Å². The summed E-state index contributed by atoms with van der Waals surface area (Å²) < 4.78 is 5.62. The quantitative estimate of drug-likeness (QED) is 0.549. The van der Waals surface area contributed by atoms with E-state index in [4.69, 9.17) is 4.74 Å². The summed E-state index contributed by atoms with van der Waals surface area (Å²) in [6.45, 7) is 0.306. The summed E-state index contributed by atoms with van der Waals surface area (Å²) in [7, 11) is 0. The molecule has 0 amide bonds. The van der Waals surface area contributed by atoms with Gasteiger partial charge in [-0.3, -0.25) is 0 Å². The van der Waals surface area contributed by atoms with Crippen LogP contribution in [0.25, 0.3) is 0 Å². The molecule has 3 rings (SSSR count). The Morgan fingerprint density at radius 3 is 2.40 bits per heavy atom. The van der Waals surface area contributed by atoms with E-state index in [0.29, 0.717) is 23.6 Å². The predicted molar refractivity (Wildman–Crippen MR) is 72.8 cm³/mol. The molecule has 0 aliphatic carbocycles. The predicted octanol–water partition coefficient (Wildman–Crippen LogP) is 2.45. The fourth-order valence-electron chi connectivity index (χ4n) is 2.37. The third kappa shape index (κ3) is 2.03. The highest BCUT2D eigenvalue weighted by Crippen LogP contribution is 2.35. The molecular weight excluding hydrogens is 258 g/mol. The van der Waals surface area contributed by atoms with Crippen LogP contribution in [0.3, 0.4) is 0 Å². The van der Waals surface area contributed by atoms with Gasteiger partial charge in [0.15, 0.2) is 0 Å². The highest BCUT2D eigenvalue weighted by Gasteiger charge is 2.29. The minimum absolute atomic E-state index is 0.101. The van der Waals surface area contributed by atoms with Gasteiger partial charge in [-0.05, 0) is 29.8 Å². The first-order chi connectivity index (χ1) is 9.69. The van der Waals surface area contributed by atoms with Gasteiger partial charge in [-0.1, -0.05) is 17.3 Å². The zero-order valence-corrected chi connectivity index (χ0v) is 10.5. The van der Waals surface area contributed by atoms with Crippen molar-refractivity contribution in [3.05, 3.63) is 53.6 Å². The molecule has 1 aliphatic heterocycles. The van der Waals surface area contributed by atoms with E-state index < -0.39 is 0 Å². The second-order valence-corrected chi connectivity index (χ2v) is 4.62. The van der Waals surface area contributed by atoms with Crippen LogP contribution >= 0.6 is 0 Å². The van der Waals surface area contributed by atoms with Crippen molar-refractivity contribution in [2.75, 3.05) is 6.61 Å². The van der Waals surface area contributed by atoms with Gasteiger partial charge in [0.05, 0.1) is 5.92 Å². The number of oxime groups is 1. The normalized spacial score (nSPS) is 19.4. The van der Waals surface area contributed by atoms with Crippen LogP contribution in [0.5, 0.6) is 17.2 Å². The van der Waals surface area contributed by atoms with Crippen molar-refractivity contribution < 1.29 is 20.2 Å².